The Hall–Kier alpha value is -5.95. The minimum absolute atomic E-state index is 0.0745. The van der Waals surface area contributed by atoms with Gasteiger partial charge in [-0.05, 0) is 78.3 Å². The van der Waals surface area contributed by atoms with Crippen LogP contribution in [0, 0.1) is 49.6 Å². The van der Waals surface area contributed by atoms with Gasteiger partial charge in [-0.25, -0.2) is 4.90 Å². The molecule has 0 N–H and O–H groups in total. The van der Waals surface area contributed by atoms with Crippen LogP contribution >= 0.6 is 0 Å². The van der Waals surface area contributed by atoms with Gasteiger partial charge in [0, 0.05) is 6.07 Å². The number of hydrogen-bond donors (Lipinski definition) is 0. The number of rotatable bonds is 6. The van der Waals surface area contributed by atoms with Crippen LogP contribution in [0.15, 0.2) is 121 Å². The van der Waals surface area contributed by atoms with Crippen molar-refractivity contribution < 1.29 is 19.3 Å². The van der Waals surface area contributed by atoms with E-state index in [2.05, 4.69) is 0 Å². The summed E-state index contributed by atoms with van der Waals surface area (Å²) in [5, 5.41) is 12.5. The number of nitro groups is 1. The Morgan fingerprint density at radius 2 is 0.980 bits per heavy atom. The topological polar surface area (TPSA) is 97.6 Å². The van der Waals surface area contributed by atoms with Crippen LogP contribution in [0.5, 0.6) is 0 Å². The maximum atomic E-state index is 16.1. The van der Waals surface area contributed by atoms with E-state index in [0.717, 1.165) is 27.2 Å². The van der Waals surface area contributed by atoms with Crippen molar-refractivity contribution in [3.05, 3.63) is 176 Å². The summed E-state index contributed by atoms with van der Waals surface area (Å²) in [5.74, 6) is -3.81. The first kappa shape index (κ1) is 31.3. The van der Waals surface area contributed by atoms with Gasteiger partial charge >= 0.3 is 0 Å². The maximum Gasteiger partial charge on any atom is 0.293 e. The summed E-state index contributed by atoms with van der Waals surface area (Å²) < 4.78 is 0. The normalized spacial score (nSPS) is 23.9. The molecule has 7 heteroatoms. The third kappa shape index (κ3) is 3.94. The van der Waals surface area contributed by atoms with Crippen LogP contribution in [-0.4, -0.2) is 22.5 Å². The predicted octanol–water partition coefficient (Wildman–Crippen LogP) is 8.02. The van der Waals surface area contributed by atoms with Crippen LogP contribution < -0.4 is 4.90 Å². The number of carbonyl (C=O) groups excluding carboxylic acids is 3. The molecule has 1 saturated heterocycles. The largest absolute Gasteiger partial charge is 0.297 e. The highest BCUT2D eigenvalue weighted by atomic mass is 16.6. The van der Waals surface area contributed by atoms with E-state index in [1.165, 1.54) is 6.07 Å². The van der Waals surface area contributed by atoms with Gasteiger partial charge in [-0.15, -0.1) is 0 Å². The molecule has 7 nitrogen and oxygen atoms in total. The number of amides is 2. The molecule has 1 saturated carbocycles. The summed E-state index contributed by atoms with van der Waals surface area (Å²) in [5.41, 5.74) is 3.97. The molecule has 1 heterocycles. The van der Waals surface area contributed by atoms with Crippen molar-refractivity contribution in [2.24, 2.45) is 11.8 Å². The van der Waals surface area contributed by atoms with Gasteiger partial charge in [0.05, 0.1) is 27.6 Å². The average molecular weight is 659 g/mol. The Morgan fingerprint density at radius 1 is 0.580 bits per heavy atom. The number of aryl methyl sites for hydroxylation is 4. The summed E-state index contributed by atoms with van der Waals surface area (Å²) in [6.45, 7) is 7.54. The lowest BCUT2D eigenvalue weighted by Gasteiger charge is -2.39. The van der Waals surface area contributed by atoms with Gasteiger partial charge in [0.1, 0.15) is 5.69 Å². The number of allylic oxidation sites excluding steroid dienone is 2. The first-order valence-corrected chi connectivity index (χ1v) is 16.7. The maximum absolute atomic E-state index is 16.1. The molecule has 8 rings (SSSR count). The fourth-order valence-corrected chi connectivity index (χ4v) is 8.91. The van der Waals surface area contributed by atoms with Crippen molar-refractivity contribution in [2.45, 2.75) is 38.5 Å². The van der Waals surface area contributed by atoms with Crippen LogP contribution in [0.3, 0.4) is 0 Å². The predicted molar refractivity (Wildman–Crippen MR) is 192 cm³/mol. The number of carbonyl (C=O) groups is 3. The van der Waals surface area contributed by atoms with E-state index in [1.54, 1.807) is 19.9 Å². The fourth-order valence-electron chi connectivity index (χ4n) is 8.91. The molecule has 5 aromatic rings. The van der Waals surface area contributed by atoms with Crippen molar-refractivity contribution in [1.29, 1.82) is 0 Å². The first-order chi connectivity index (χ1) is 24.0. The quantitative estimate of drug-likeness (QED) is 0.105. The van der Waals surface area contributed by atoms with E-state index in [1.807, 2.05) is 123 Å². The van der Waals surface area contributed by atoms with Crippen LogP contribution in [0.4, 0.5) is 11.4 Å². The van der Waals surface area contributed by atoms with Crippen molar-refractivity contribution in [1.82, 2.24) is 0 Å². The fraction of sp³-hybridized carbons (Fsp3) is 0.186. The van der Waals surface area contributed by atoms with Crippen molar-refractivity contribution >= 4 is 40.1 Å². The highest BCUT2D eigenvalue weighted by Gasteiger charge is 2.83. The molecular weight excluding hydrogens is 624 g/mol. The second-order valence-corrected chi connectivity index (χ2v) is 13.8. The molecule has 2 bridgehead atoms. The molecule has 0 unspecified atom stereocenters. The molecule has 3 aliphatic rings. The second kappa shape index (κ2) is 11.0. The number of ketones is 1. The molecular formula is C43H34N2O5. The van der Waals surface area contributed by atoms with E-state index >= 15 is 14.4 Å². The van der Waals surface area contributed by atoms with Crippen LogP contribution in [-0.2, 0) is 25.2 Å². The number of fused-ring (bicyclic) bond motifs is 5. The number of nitrogens with zero attached hydrogens (tertiary/aromatic N) is 2. The third-order valence-corrected chi connectivity index (χ3v) is 11.2. The molecule has 0 aromatic heterocycles. The molecule has 4 atom stereocenters. The van der Waals surface area contributed by atoms with Crippen molar-refractivity contribution in [3.63, 3.8) is 0 Å². The standard InChI is InChI=1S/C43H34N2O5/c1-25-15-19-29(20-16-25)35-36(30-21-17-26(2)18-22-30)43(32-13-9-6-10-14-32)38-37(42(35,41(43)48)31-11-7-5-8-12-31)39(46)44(40(38)47)33-23-27(3)28(4)24-34(33)45(49)50/h5-24,37-38H,1-4H3/t37-,38+,42-,43-/m1/s1. The zero-order chi connectivity index (χ0) is 35.1. The van der Waals surface area contributed by atoms with Crippen LogP contribution in [0.1, 0.15) is 44.5 Å². The van der Waals surface area contributed by atoms with E-state index in [0.29, 0.717) is 33.4 Å². The lowest BCUT2D eigenvalue weighted by Crippen LogP contribution is -2.45. The van der Waals surface area contributed by atoms with Crippen molar-refractivity contribution in [2.75, 3.05) is 4.90 Å². The molecule has 2 aliphatic carbocycles. The van der Waals surface area contributed by atoms with Gasteiger partial charge in [-0.3, -0.25) is 24.5 Å². The highest BCUT2D eigenvalue weighted by molar-refractivity contribution is 6.39. The van der Waals surface area contributed by atoms with E-state index in [-0.39, 0.29) is 17.2 Å². The number of hydrogen-bond acceptors (Lipinski definition) is 5. The first-order valence-electron chi connectivity index (χ1n) is 16.7. The smallest absolute Gasteiger partial charge is 0.293 e. The lowest BCUT2D eigenvalue weighted by molar-refractivity contribution is -0.384. The van der Waals surface area contributed by atoms with E-state index in [4.69, 9.17) is 0 Å². The van der Waals surface area contributed by atoms with Crippen LogP contribution in [0.2, 0.25) is 0 Å². The summed E-state index contributed by atoms with van der Waals surface area (Å²) in [4.78, 5) is 59.6. The minimum atomic E-state index is -1.59. The van der Waals surface area contributed by atoms with Crippen molar-refractivity contribution in [3.8, 4) is 0 Å². The van der Waals surface area contributed by atoms with Gasteiger partial charge in [0.2, 0.25) is 11.8 Å². The number of anilines is 1. The van der Waals surface area contributed by atoms with Gasteiger partial charge in [-0.1, -0.05) is 120 Å². The second-order valence-electron chi connectivity index (χ2n) is 13.8. The zero-order valence-electron chi connectivity index (χ0n) is 28.1. The summed E-state index contributed by atoms with van der Waals surface area (Å²) in [6.07, 6.45) is 0. The molecule has 50 heavy (non-hydrogen) atoms. The van der Waals surface area contributed by atoms with E-state index in [9.17, 15) is 10.1 Å². The van der Waals surface area contributed by atoms with Gasteiger partial charge in [0.15, 0.2) is 5.78 Å². The Morgan fingerprint density at radius 3 is 1.38 bits per heavy atom. The molecule has 246 valence electrons. The Bertz CT molecular complexity index is 2170. The Kier molecular flexibility index (Phi) is 6.91. The monoisotopic (exact) mass is 658 g/mol. The minimum Gasteiger partial charge on any atom is -0.297 e. The van der Waals surface area contributed by atoms with Gasteiger partial charge in [-0.2, -0.15) is 0 Å². The summed E-state index contributed by atoms with van der Waals surface area (Å²) >= 11 is 0. The molecule has 5 aromatic carbocycles. The zero-order valence-corrected chi connectivity index (χ0v) is 28.1. The molecule has 0 spiro atoms. The number of nitro benzene ring substituents is 1. The summed E-state index contributed by atoms with van der Waals surface area (Å²) in [7, 11) is 0. The lowest BCUT2D eigenvalue weighted by atomic mass is 9.59. The highest BCUT2D eigenvalue weighted by Crippen LogP contribution is 2.74. The van der Waals surface area contributed by atoms with Gasteiger partial charge < -0.3 is 0 Å². The van der Waals surface area contributed by atoms with Gasteiger partial charge in [0.25, 0.3) is 5.69 Å². The number of benzene rings is 5. The number of imide groups is 1. The molecule has 1 aliphatic heterocycles. The summed E-state index contributed by atoms with van der Waals surface area (Å²) in [6, 6.07) is 37.4. The third-order valence-electron chi connectivity index (χ3n) is 11.2. The Balaban J connectivity index is 1.55. The molecule has 0 radical (unpaired) electrons. The number of Topliss-reactive ketones (excluding diaryl/α,β-unsaturated/α-hetero) is 1. The Labute approximate surface area is 290 Å². The van der Waals surface area contributed by atoms with Crippen LogP contribution in [0.25, 0.3) is 11.1 Å². The van der Waals surface area contributed by atoms with E-state index < -0.39 is 39.4 Å². The molecule has 2 fully saturated rings. The SMILES string of the molecule is Cc1ccc(C2=C(c3ccc(C)cc3)[C@@]3(c4ccccc4)C(=O)[C@@]2(c2ccccc2)[C@@H]2C(=O)N(c4cc(C)c(C)cc4[N+](=O)[O-])C(=O)[C@@H]23)cc1. The molecule has 2 amide bonds. The average Bonchev–Trinajstić information content (AvgIpc) is 3.62.